The molecule has 0 aliphatic rings. The quantitative estimate of drug-likeness (QED) is 0.650. The van der Waals surface area contributed by atoms with E-state index in [2.05, 4.69) is 33.0 Å². The number of nitrogens with zero attached hydrogens (tertiary/aromatic N) is 3. The van der Waals surface area contributed by atoms with Crippen molar-refractivity contribution in [3.8, 4) is 0 Å². The maximum atomic E-state index is 12.6. The van der Waals surface area contributed by atoms with Crippen molar-refractivity contribution in [2.45, 2.75) is 32.2 Å². The van der Waals surface area contributed by atoms with Crippen molar-refractivity contribution in [3.63, 3.8) is 0 Å². The molecule has 136 valence electrons. The molecular formula is C16H21IN4O3S. The number of carbonyl (C=O) groups excluding carboxylic acids is 1. The molecule has 7 nitrogen and oxygen atoms in total. The third-order valence-corrected chi connectivity index (χ3v) is 6.75. The predicted octanol–water partition coefficient (Wildman–Crippen LogP) is 2.38. The Morgan fingerprint density at radius 2 is 1.88 bits per heavy atom. The van der Waals surface area contributed by atoms with Crippen molar-refractivity contribution < 1.29 is 13.2 Å². The zero-order valence-electron chi connectivity index (χ0n) is 14.6. The van der Waals surface area contributed by atoms with E-state index in [0.717, 1.165) is 3.57 Å². The van der Waals surface area contributed by atoms with Gasteiger partial charge in [-0.15, -0.1) is 0 Å². The van der Waals surface area contributed by atoms with E-state index in [0.29, 0.717) is 23.6 Å². The maximum absolute atomic E-state index is 12.6. The molecule has 2 rings (SSSR count). The van der Waals surface area contributed by atoms with E-state index < -0.39 is 10.0 Å². The first-order chi connectivity index (χ1) is 11.7. The number of aryl methyl sites for hydroxylation is 1. The summed E-state index contributed by atoms with van der Waals surface area (Å²) in [6, 6.07) is 7.41. The Morgan fingerprint density at radius 3 is 2.44 bits per heavy atom. The van der Waals surface area contributed by atoms with Gasteiger partial charge in [-0.25, -0.2) is 12.7 Å². The molecule has 0 bridgehead atoms. The predicted molar refractivity (Wildman–Crippen MR) is 105 cm³/mol. The number of rotatable bonds is 6. The average Bonchev–Trinajstić information content (AvgIpc) is 2.83. The van der Waals surface area contributed by atoms with E-state index in [1.54, 1.807) is 20.8 Å². The highest BCUT2D eigenvalue weighted by molar-refractivity contribution is 14.1. The van der Waals surface area contributed by atoms with E-state index in [1.807, 2.05) is 24.3 Å². The standard InChI is InChI=1S/C16H21IN4O3S/c1-5-20(4)25(23,24)16-11(2)19-21(12(16)3)10-15(22)18-14-8-6-13(17)7-9-14/h6-9H,5,10H2,1-4H3,(H,18,22). The molecule has 1 amide bonds. The van der Waals surface area contributed by atoms with Gasteiger partial charge < -0.3 is 5.32 Å². The van der Waals surface area contributed by atoms with E-state index in [4.69, 9.17) is 0 Å². The lowest BCUT2D eigenvalue weighted by Gasteiger charge is -2.15. The Kier molecular flexibility index (Phi) is 6.22. The van der Waals surface area contributed by atoms with E-state index in [-0.39, 0.29) is 17.3 Å². The van der Waals surface area contributed by atoms with Crippen LogP contribution in [0.5, 0.6) is 0 Å². The minimum absolute atomic E-state index is 0.0516. The van der Waals surface area contributed by atoms with Crippen LogP contribution in [0.1, 0.15) is 18.3 Å². The Bertz CT molecular complexity index is 876. The van der Waals surface area contributed by atoms with Gasteiger partial charge in [0, 0.05) is 22.8 Å². The van der Waals surface area contributed by atoms with Crippen LogP contribution in [0.3, 0.4) is 0 Å². The number of anilines is 1. The number of halogens is 1. The van der Waals surface area contributed by atoms with Gasteiger partial charge in [0.2, 0.25) is 15.9 Å². The SMILES string of the molecule is CCN(C)S(=O)(=O)c1c(C)nn(CC(=O)Nc2ccc(I)cc2)c1C. The fraction of sp³-hybridized carbons (Fsp3) is 0.375. The molecule has 9 heteroatoms. The number of hydrogen-bond donors (Lipinski definition) is 1. The van der Waals surface area contributed by atoms with Gasteiger partial charge in [-0.05, 0) is 60.7 Å². The first kappa shape index (κ1) is 19.9. The zero-order chi connectivity index (χ0) is 18.8. The van der Waals surface area contributed by atoms with E-state index in [9.17, 15) is 13.2 Å². The number of sulfonamides is 1. The first-order valence-corrected chi connectivity index (χ1v) is 10.2. The molecule has 0 saturated heterocycles. The van der Waals surface area contributed by atoms with Crippen molar-refractivity contribution in [1.82, 2.24) is 14.1 Å². The lowest BCUT2D eigenvalue weighted by molar-refractivity contribution is -0.116. The second-order valence-corrected chi connectivity index (χ2v) is 8.86. The van der Waals surface area contributed by atoms with Crippen molar-refractivity contribution in [3.05, 3.63) is 39.2 Å². The van der Waals surface area contributed by atoms with Crippen molar-refractivity contribution in [2.24, 2.45) is 0 Å². The zero-order valence-corrected chi connectivity index (χ0v) is 17.6. The van der Waals surface area contributed by atoms with Crippen LogP contribution in [0.15, 0.2) is 29.2 Å². The summed E-state index contributed by atoms with van der Waals surface area (Å²) in [5, 5.41) is 7.02. The van der Waals surface area contributed by atoms with Crippen LogP contribution in [-0.4, -0.2) is 42.0 Å². The lowest BCUT2D eigenvalue weighted by Crippen LogP contribution is -2.27. The van der Waals surface area contributed by atoms with Gasteiger partial charge in [-0.3, -0.25) is 9.48 Å². The van der Waals surface area contributed by atoms with Gasteiger partial charge in [0.25, 0.3) is 0 Å². The summed E-state index contributed by atoms with van der Waals surface area (Å²) in [7, 11) is -2.09. The highest BCUT2D eigenvalue weighted by Gasteiger charge is 2.28. The third-order valence-electron chi connectivity index (χ3n) is 3.85. The summed E-state index contributed by atoms with van der Waals surface area (Å²) < 4.78 is 29.0. The van der Waals surface area contributed by atoms with E-state index in [1.165, 1.54) is 16.0 Å². The van der Waals surface area contributed by atoms with Crippen molar-refractivity contribution in [1.29, 1.82) is 0 Å². The van der Waals surface area contributed by atoms with Gasteiger partial charge in [0.1, 0.15) is 11.4 Å². The van der Waals surface area contributed by atoms with Crippen LogP contribution in [0.2, 0.25) is 0 Å². The highest BCUT2D eigenvalue weighted by Crippen LogP contribution is 2.22. The molecule has 1 aromatic carbocycles. The Labute approximate surface area is 161 Å². The maximum Gasteiger partial charge on any atom is 0.246 e. The number of aromatic nitrogens is 2. The first-order valence-electron chi connectivity index (χ1n) is 7.72. The smallest absolute Gasteiger partial charge is 0.246 e. The minimum atomic E-state index is -3.61. The summed E-state index contributed by atoms with van der Waals surface area (Å²) >= 11 is 2.19. The summed E-state index contributed by atoms with van der Waals surface area (Å²) in [5.74, 6) is -0.264. The molecule has 1 aromatic heterocycles. The monoisotopic (exact) mass is 476 g/mol. The molecule has 2 aromatic rings. The third kappa shape index (κ3) is 4.39. The number of hydrogen-bond acceptors (Lipinski definition) is 4. The molecule has 0 aliphatic heterocycles. The lowest BCUT2D eigenvalue weighted by atomic mass is 10.3. The molecule has 0 atom stereocenters. The number of benzene rings is 1. The number of nitrogens with one attached hydrogen (secondary N) is 1. The summed E-state index contributed by atoms with van der Waals surface area (Å²) in [6.07, 6.45) is 0. The van der Waals surface area contributed by atoms with Gasteiger partial charge >= 0.3 is 0 Å². The minimum Gasteiger partial charge on any atom is -0.324 e. The highest BCUT2D eigenvalue weighted by atomic mass is 127. The topological polar surface area (TPSA) is 84.3 Å². The van der Waals surface area contributed by atoms with Crippen LogP contribution in [0.4, 0.5) is 5.69 Å². The molecule has 0 radical (unpaired) electrons. The van der Waals surface area contributed by atoms with E-state index >= 15 is 0 Å². The van der Waals surface area contributed by atoms with Crippen molar-refractivity contribution >= 4 is 44.2 Å². The molecule has 0 unspecified atom stereocenters. The number of carbonyl (C=O) groups is 1. The normalized spacial score (nSPS) is 11.8. The molecule has 0 spiro atoms. The Morgan fingerprint density at radius 1 is 1.28 bits per heavy atom. The Hall–Kier alpha value is -1.46. The summed E-state index contributed by atoms with van der Waals surface area (Å²) in [4.78, 5) is 12.4. The molecule has 0 aliphatic carbocycles. The Balaban J connectivity index is 2.22. The average molecular weight is 476 g/mol. The van der Waals surface area contributed by atoms with Gasteiger partial charge in [0.05, 0.1) is 11.4 Å². The van der Waals surface area contributed by atoms with Gasteiger partial charge in [-0.1, -0.05) is 6.92 Å². The molecule has 25 heavy (non-hydrogen) atoms. The molecule has 0 fully saturated rings. The molecular weight excluding hydrogens is 455 g/mol. The molecule has 0 saturated carbocycles. The molecule has 1 heterocycles. The molecule has 1 N–H and O–H groups in total. The van der Waals surface area contributed by atoms with Crippen LogP contribution in [-0.2, 0) is 21.4 Å². The van der Waals surface area contributed by atoms with Crippen LogP contribution in [0.25, 0.3) is 0 Å². The fourth-order valence-electron chi connectivity index (χ4n) is 2.40. The van der Waals surface area contributed by atoms with Crippen molar-refractivity contribution in [2.75, 3.05) is 18.9 Å². The number of amides is 1. The van der Waals surface area contributed by atoms with Gasteiger partial charge in [0.15, 0.2) is 0 Å². The second kappa shape index (κ2) is 7.83. The summed E-state index contributed by atoms with van der Waals surface area (Å²) in [5.41, 5.74) is 1.53. The largest absolute Gasteiger partial charge is 0.324 e. The summed E-state index contributed by atoms with van der Waals surface area (Å²) in [6.45, 7) is 5.37. The van der Waals surface area contributed by atoms with Crippen LogP contribution < -0.4 is 5.32 Å². The second-order valence-electron chi connectivity index (χ2n) is 5.63. The van der Waals surface area contributed by atoms with Crippen LogP contribution in [0, 0.1) is 17.4 Å². The fourth-order valence-corrected chi connectivity index (χ4v) is 4.31. The van der Waals surface area contributed by atoms with Gasteiger partial charge in [-0.2, -0.15) is 5.10 Å². The van der Waals surface area contributed by atoms with Crippen LogP contribution >= 0.6 is 22.6 Å².